The Balaban J connectivity index is 1.40. The fourth-order valence-electron chi connectivity index (χ4n) is 5.65. The summed E-state index contributed by atoms with van der Waals surface area (Å²) in [7, 11) is 3.75. The second kappa shape index (κ2) is 9.78. The summed E-state index contributed by atoms with van der Waals surface area (Å²) in [6.07, 6.45) is 6.95. The molecule has 3 aromatic heterocycles. The third-order valence-electron chi connectivity index (χ3n) is 7.62. The molecule has 1 atom stereocenters. The first kappa shape index (κ1) is 26.1. The second-order valence-corrected chi connectivity index (χ2v) is 11.7. The average molecular weight is 542 g/mol. The quantitative estimate of drug-likeness (QED) is 0.413. The minimum Gasteiger partial charge on any atom is -0.444 e. The maximum atomic E-state index is 13.6. The van der Waals surface area contributed by atoms with Crippen LogP contribution in [0.3, 0.4) is 0 Å². The highest BCUT2D eigenvalue weighted by molar-refractivity contribution is 6.04. The van der Waals surface area contributed by atoms with Gasteiger partial charge in [0.2, 0.25) is 0 Å². The molecule has 1 saturated heterocycles. The molecule has 1 unspecified atom stereocenters. The van der Waals surface area contributed by atoms with E-state index in [4.69, 9.17) is 9.72 Å². The molecule has 10 nitrogen and oxygen atoms in total. The van der Waals surface area contributed by atoms with Crippen LogP contribution in [-0.4, -0.2) is 67.4 Å². The van der Waals surface area contributed by atoms with Gasteiger partial charge in [0.15, 0.2) is 0 Å². The molecule has 1 amide bonds. The van der Waals surface area contributed by atoms with Crippen molar-refractivity contribution in [1.29, 1.82) is 0 Å². The molecule has 4 aromatic rings. The predicted octanol–water partition coefficient (Wildman–Crippen LogP) is 4.31. The maximum absolute atomic E-state index is 13.6. The van der Waals surface area contributed by atoms with Crippen LogP contribution >= 0.6 is 0 Å². The monoisotopic (exact) mass is 541 g/mol. The number of nitrogens with one attached hydrogen (secondary N) is 1. The summed E-state index contributed by atoms with van der Waals surface area (Å²) >= 11 is 0. The van der Waals surface area contributed by atoms with E-state index in [1.165, 1.54) is 0 Å². The van der Waals surface area contributed by atoms with Gasteiger partial charge in [-0.3, -0.25) is 19.1 Å². The number of carbonyl (C=O) groups excluding carboxylic acids is 1. The number of hydrogen-bond donors (Lipinski definition) is 1. The number of fused-ring (bicyclic) bond motifs is 3. The largest absolute Gasteiger partial charge is 0.444 e. The lowest BCUT2D eigenvalue weighted by Gasteiger charge is -2.34. The lowest BCUT2D eigenvalue weighted by molar-refractivity contribution is 0.0173. The SMILES string of the molecule is CN1C=C(c2ccc(-c3ccc4ncc5c(c4c3)n(C3CCCN(C(=O)OC(C)(C)C)C3)c(=O)n5C)cn2)CN1. The fourth-order valence-corrected chi connectivity index (χ4v) is 5.65. The number of piperidine rings is 1. The molecule has 2 aliphatic rings. The van der Waals surface area contributed by atoms with Gasteiger partial charge in [-0.1, -0.05) is 12.1 Å². The summed E-state index contributed by atoms with van der Waals surface area (Å²) in [5, 5.41) is 2.83. The Bertz CT molecular complexity index is 1700. The molecular formula is C30H35N7O3. The molecule has 0 radical (unpaired) electrons. The van der Waals surface area contributed by atoms with Gasteiger partial charge >= 0.3 is 11.8 Å². The number of hydrazine groups is 1. The second-order valence-electron chi connectivity index (χ2n) is 11.7. The Morgan fingerprint density at radius 3 is 2.58 bits per heavy atom. The van der Waals surface area contributed by atoms with E-state index in [-0.39, 0.29) is 17.8 Å². The van der Waals surface area contributed by atoms with Crippen LogP contribution in [0.25, 0.3) is 38.6 Å². The molecule has 40 heavy (non-hydrogen) atoms. The standard InChI is InChI=1S/C30H35N7O3/c1-30(2,3)40-29(39)36-12-6-7-22(18-36)37-27-23-13-19(8-11-25(23)32-16-26(27)35(5)28(37)38)20-9-10-24(31-14-20)21-15-33-34(4)17-21/h8-11,13-14,16-17,22,33H,6-7,12,15,18H2,1-5H3. The maximum Gasteiger partial charge on any atom is 0.410 e. The van der Waals surface area contributed by atoms with E-state index in [1.807, 2.05) is 68.0 Å². The third-order valence-corrected chi connectivity index (χ3v) is 7.62. The van der Waals surface area contributed by atoms with Crippen molar-refractivity contribution < 1.29 is 9.53 Å². The number of pyridine rings is 2. The number of aromatic nitrogens is 4. The Morgan fingerprint density at radius 1 is 1.07 bits per heavy atom. The first-order chi connectivity index (χ1) is 19.1. The van der Waals surface area contributed by atoms with E-state index in [0.717, 1.165) is 63.7 Å². The summed E-state index contributed by atoms with van der Waals surface area (Å²) in [6.45, 7) is 7.38. The highest BCUT2D eigenvalue weighted by atomic mass is 16.6. The van der Waals surface area contributed by atoms with Gasteiger partial charge in [0.1, 0.15) is 5.60 Å². The van der Waals surface area contributed by atoms with Crippen molar-refractivity contribution in [2.24, 2.45) is 7.05 Å². The van der Waals surface area contributed by atoms with E-state index < -0.39 is 5.60 Å². The van der Waals surface area contributed by atoms with E-state index in [2.05, 4.69) is 22.5 Å². The molecule has 0 spiro atoms. The average Bonchev–Trinajstić information content (AvgIpc) is 3.48. The summed E-state index contributed by atoms with van der Waals surface area (Å²) in [4.78, 5) is 37.6. The number of nitrogens with zero attached hydrogens (tertiary/aromatic N) is 6. The summed E-state index contributed by atoms with van der Waals surface area (Å²) in [5.41, 5.74) is 9.03. The Kier molecular flexibility index (Phi) is 6.37. The molecule has 10 heteroatoms. The minimum atomic E-state index is -0.576. The van der Waals surface area contributed by atoms with Crippen molar-refractivity contribution in [2.75, 3.05) is 26.7 Å². The van der Waals surface area contributed by atoms with Crippen molar-refractivity contribution in [2.45, 2.75) is 45.3 Å². The lowest BCUT2D eigenvalue weighted by Crippen LogP contribution is -2.45. The van der Waals surface area contributed by atoms with Gasteiger partial charge in [0.05, 0.1) is 34.5 Å². The molecule has 1 N–H and O–H groups in total. The topological polar surface area (TPSA) is 97.5 Å². The Labute approximate surface area is 232 Å². The zero-order valence-electron chi connectivity index (χ0n) is 23.6. The normalized spacial score (nSPS) is 18.0. The number of likely N-dealkylation sites (tertiary alicyclic amines) is 1. The third kappa shape index (κ3) is 4.72. The zero-order chi connectivity index (χ0) is 28.2. The van der Waals surface area contributed by atoms with Crippen LogP contribution in [0.5, 0.6) is 0 Å². The number of hydrogen-bond acceptors (Lipinski definition) is 7. The van der Waals surface area contributed by atoms with Gasteiger partial charge in [-0.05, 0) is 57.4 Å². The van der Waals surface area contributed by atoms with Crippen LogP contribution in [0.2, 0.25) is 0 Å². The van der Waals surface area contributed by atoms with Gasteiger partial charge < -0.3 is 14.6 Å². The van der Waals surface area contributed by atoms with Gasteiger partial charge in [-0.25, -0.2) is 15.0 Å². The minimum absolute atomic E-state index is 0.111. The number of amides is 1. The van der Waals surface area contributed by atoms with Gasteiger partial charge in [-0.15, -0.1) is 0 Å². The first-order valence-corrected chi connectivity index (χ1v) is 13.7. The van der Waals surface area contributed by atoms with E-state index in [1.54, 1.807) is 22.7 Å². The zero-order valence-corrected chi connectivity index (χ0v) is 23.6. The Morgan fingerprint density at radius 2 is 1.88 bits per heavy atom. The number of ether oxygens (including phenoxy) is 1. The molecule has 5 heterocycles. The molecule has 1 aromatic carbocycles. The number of carbonyl (C=O) groups is 1. The smallest absolute Gasteiger partial charge is 0.410 e. The van der Waals surface area contributed by atoms with Crippen LogP contribution in [0.15, 0.2) is 53.7 Å². The Hall–Kier alpha value is -4.18. The molecule has 1 fully saturated rings. The van der Waals surface area contributed by atoms with Gasteiger partial charge in [0, 0.05) is 62.6 Å². The number of aryl methyl sites for hydroxylation is 1. The molecule has 0 saturated carbocycles. The molecular weight excluding hydrogens is 506 g/mol. The van der Waals surface area contributed by atoms with Crippen LogP contribution in [-0.2, 0) is 11.8 Å². The highest BCUT2D eigenvalue weighted by Gasteiger charge is 2.31. The summed E-state index contributed by atoms with van der Waals surface area (Å²) < 4.78 is 9.14. The highest BCUT2D eigenvalue weighted by Crippen LogP contribution is 2.32. The number of rotatable bonds is 3. The van der Waals surface area contributed by atoms with Crippen LogP contribution in [0, 0.1) is 0 Å². The van der Waals surface area contributed by atoms with Crippen molar-refractivity contribution in [3.05, 3.63) is 65.1 Å². The molecule has 2 aliphatic heterocycles. The van der Waals surface area contributed by atoms with Crippen molar-refractivity contribution in [3.8, 4) is 11.1 Å². The molecule has 0 aliphatic carbocycles. The van der Waals surface area contributed by atoms with Crippen LogP contribution < -0.4 is 11.1 Å². The lowest BCUT2D eigenvalue weighted by atomic mass is 10.0. The van der Waals surface area contributed by atoms with Gasteiger partial charge in [-0.2, -0.15) is 0 Å². The van der Waals surface area contributed by atoms with Crippen LogP contribution in [0.1, 0.15) is 45.3 Å². The summed E-state index contributed by atoms with van der Waals surface area (Å²) in [5.74, 6) is 0. The van der Waals surface area contributed by atoms with Crippen molar-refractivity contribution in [1.82, 2.24) is 34.4 Å². The van der Waals surface area contributed by atoms with Crippen molar-refractivity contribution >= 4 is 33.6 Å². The number of imidazole rings is 1. The van der Waals surface area contributed by atoms with Crippen molar-refractivity contribution in [3.63, 3.8) is 0 Å². The van der Waals surface area contributed by atoms with E-state index in [0.29, 0.717) is 13.1 Å². The molecule has 0 bridgehead atoms. The molecule has 208 valence electrons. The molecule has 6 rings (SSSR count). The van der Waals surface area contributed by atoms with Crippen LogP contribution in [0.4, 0.5) is 4.79 Å². The van der Waals surface area contributed by atoms with E-state index in [9.17, 15) is 9.59 Å². The summed E-state index contributed by atoms with van der Waals surface area (Å²) in [6, 6.07) is 10.1. The first-order valence-electron chi connectivity index (χ1n) is 13.7. The van der Waals surface area contributed by atoms with Gasteiger partial charge in [0.25, 0.3) is 0 Å². The number of benzene rings is 1. The predicted molar refractivity (Wildman–Crippen MR) is 156 cm³/mol. The van der Waals surface area contributed by atoms with E-state index >= 15 is 0 Å². The fraction of sp³-hybridized carbons (Fsp3) is 0.400.